The Balaban J connectivity index is 1.33. The van der Waals surface area contributed by atoms with Crippen LogP contribution in [-0.4, -0.2) is 47.8 Å². The van der Waals surface area contributed by atoms with Crippen LogP contribution in [0.2, 0.25) is 0 Å². The maximum atomic E-state index is 12.9. The third-order valence-electron chi connectivity index (χ3n) is 6.51. The summed E-state index contributed by atoms with van der Waals surface area (Å²) in [6, 6.07) is 14.4. The van der Waals surface area contributed by atoms with Crippen LogP contribution in [0.3, 0.4) is 0 Å². The highest BCUT2D eigenvalue weighted by Gasteiger charge is 2.31. The highest BCUT2D eigenvalue weighted by molar-refractivity contribution is 5.90. The number of hydrogen-bond acceptors (Lipinski definition) is 2. The van der Waals surface area contributed by atoms with Crippen LogP contribution in [0.15, 0.2) is 42.5 Å². The van der Waals surface area contributed by atoms with Crippen LogP contribution in [0.1, 0.15) is 38.2 Å². The lowest BCUT2D eigenvalue weighted by Gasteiger charge is -2.36. The molecule has 2 amide bonds. The van der Waals surface area contributed by atoms with Crippen LogP contribution in [0.4, 0.5) is 0 Å². The molecule has 0 aliphatic carbocycles. The molecule has 4 nitrogen and oxygen atoms in total. The minimum Gasteiger partial charge on any atom is -0.342 e. The maximum absolute atomic E-state index is 12.9. The van der Waals surface area contributed by atoms with Gasteiger partial charge < -0.3 is 9.80 Å². The van der Waals surface area contributed by atoms with Crippen LogP contribution in [0, 0.1) is 11.8 Å². The summed E-state index contributed by atoms with van der Waals surface area (Å²) in [6.45, 7) is 5.47. The molecular formula is C24H30N2O2. The van der Waals surface area contributed by atoms with Crippen LogP contribution >= 0.6 is 0 Å². The Morgan fingerprint density at radius 3 is 2.25 bits per heavy atom. The lowest BCUT2D eigenvalue weighted by molar-refractivity contribution is -0.141. The average molecular weight is 379 g/mol. The average Bonchev–Trinajstić information content (AvgIpc) is 2.74. The molecule has 2 aliphatic rings. The standard InChI is InChI=1S/C24H30N2O2/c1-18-9-13-26(14-10-18)24(28)20-11-15-25(16-12-20)23(27)17-21-7-4-6-19-5-2-3-8-22(19)21/h2-8,18,20H,9-17H2,1H3. The van der Waals surface area contributed by atoms with Gasteiger partial charge >= 0.3 is 0 Å². The number of hydrogen-bond donors (Lipinski definition) is 0. The van der Waals surface area contributed by atoms with E-state index in [0.29, 0.717) is 25.4 Å². The van der Waals surface area contributed by atoms with Crippen molar-refractivity contribution in [3.05, 3.63) is 48.0 Å². The van der Waals surface area contributed by atoms with Gasteiger partial charge in [-0.15, -0.1) is 0 Å². The van der Waals surface area contributed by atoms with Crippen molar-refractivity contribution < 1.29 is 9.59 Å². The number of benzene rings is 2. The van der Waals surface area contributed by atoms with Crippen molar-refractivity contribution in [2.45, 2.75) is 39.0 Å². The van der Waals surface area contributed by atoms with Crippen molar-refractivity contribution in [2.75, 3.05) is 26.2 Å². The fraction of sp³-hybridized carbons (Fsp3) is 0.500. The molecule has 0 bridgehead atoms. The molecule has 2 aromatic rings. The van der Waals surface area contributed by atoms with Crippen LogP contribution in [0.25, 0.3) is 10.8 Å². The first-order valence-electron chi connectivity index (χ1n) is 10.6. The quantitative estimate of drug-likeness (QED) is 0.813. The summed E-state index contributed by atoms with van der Waals surface area (Å²) >= 11 is 0. The van der Waals surface area contributed by atoms with Crippen molar-refractivity contribution in [3.8, 4) is 0 Å². The lowest BCUT2D eigenvalue weighted by Crippen LogP contribution is -2.46. The molecule has 0 spiro atoms. The van der Waals surface area contributed by atoms with E-state index in [4.69, 9.17) is 0 Å². The van der Waals surface area contributed by atoms with E-state index in [1.807, 2.05) is 29.2 Å². The molecule has 0 unspecified atom stereocenters. The van der Waals surface area contributed by atoms with E-state index in [0.717, 1.165) is 55.6 Å². The third-order valence-corrected chi connectivity index (χ3v) is 6.51. The van der Waals surface area contributed by atoms with Gasteiger partial charge in [0.1, 0.15) is 0 Å². The number of fused-ring (bicyclic) bond motifs is 1. The Bertz CT molecular complexity index is 841. The first-order chi connectivity index (χ1) is 13.6. The van der Waals surface area contributed by atoms with E-state index in [2.05, 4.69) is 30.0 Å². The fourth-order valence-electron chi connectivity index (χ4n) is 4.58. The van der Waals surface area contributed by atoms with Crippen LogP contribution in [-0.2, 0) is 16.0 Å². The van der Waals surface area contributed by atoms with E-state index < -0.39 is 0 Å². The largest absolute Gasteiger partial charge is 0.342 e. The van der Waals surface area contributed by atoms with E-state index in [1.165, 1.54) is 5.39 Å². The van der Waals surface area contributed by atoms with Crippen molar-refractivity contribution >= 4 is 22.6 Å². The minimum absolute atomic E-state index is 0.0926. The molecule has 0 N–H and O–H groups in total. The van der Waals surface area contributed by atoms with Gasteiger partial charge in [-0.1, -0.05) is 49.4 Å². The summed E-state index contributed by atoms with van der Waals surface area (Å²) in [6.07, 6.45) is 4.27. The topological polar surface area (TPSA) is 40.6 Å². The van der Waals surface area contributed by atoms with Crippen molar-refractivity contribution in [2.24, 2.45) is 11.8 Å². The van der Waals surface area contributed by atoms with Gasteiger partial charge in [-0.05, 0) is 47.9 Å². The first kappa shape index (κ1) is 19.0. The number of likely N-dealkylation sites (tertiary alicyclic amines) is 2. The molecular weight excluding hydrogens is 348 g/mol. The number of carbonyl (C=O) groups is 2. The smallest absolute Gasteiger partial charge is 0.227 e. The Morgan fingerprint density at radius 2 is 1.50 bits per heavy atom. The van der Waals surface area contributed by atoms with Crippen molar-refractivity contribution in [1.82, 2.24) is 9.80 Å². The highest BCUT2D eigenvalue weighted by atomic mass is 16.2. The molecule has 0 atom stereocenters. The number of carbonyl (C=O) groups excluding carboxylic acids is 2. The Kier molecular flexibility index (Phi) is 5.65. The molecule has 0 saturated carbocycles. The Morgan fingerprint density at radius 1 is 0.857 bits per heavy atom. The van der Waals surface area contributed by atoms with E-state index in [1.54, 1.807) is 0 Å². The summed E-state index contributed by atoms with van der Waals surface area (Å²) in [4.78, 5) is 29.7. The molecule has 148 valence electrons. The molecule has 2 aromatic carbocycles. The molecule has 4 rings (SSSR count). The van der Waals surface area contributed by atoms with Gasteiger partial charge in [0.05, 0.1) is 6.42 Å². The van der Waals surface area contributed by atoms with Gasteiger partial charge in [0.2, 0.25) is 11.8 Å². The van der Waals surface area contributed by atoms with E-state index in [9.17, 15) is 9.59 Å². The second-order valence-electron chi connectivity index (χ2n) is 8.48. The number of nitrogens with zero attached hydrogens (tertiary/aromatic N) is 2. The molecule has 0 radical (unpaired) electrons. The van der Waals surface area contributed by atoms with Crippen molar-refractivity contribution in [3.63, 3.8) is 0 Å². The second kappa shape index (κ2) is 8.34. The molecule has 28 heavy (non-hydrogen) atoms. The zero-order chi connectivity index (χ0) is 19.5. The molecule has 0 aromatic heterocycles. The van der Waals surface area contributed by atoms with Gasteiger partial charge in [0.15, 0.2) is 0 Å². The molecule has 2 heterocycles. The van der Waals surface area contributed by atoms with Gasteiger partial charge in [0, 0.05) is 32.1 Å². The molecule has 2 fully saturated rings. The molecule has 2 aliphatic heterocycles. The van der Waals surface area contributed by atoms with Crippen molar-refractivity contribution in [1.29, 1.82) is 0 Å². The summed E-state index contributed by atoms with van der Waals surface area (Å²) in [5.41, 5.74) is 1.09. The van der Waals surface area contributed by atoms with E-state index >= 15 is 0 Å². The summed E-state index contributed by atoms with van der Waals surface area (Å²) in [5.74, 6) is 1.31. The summed E-state index contributed by atoms with van der Waals surface area (Å²) in [7, 11) is 0. The SMILES string of the molecule is CC1CCN(C(=O)C2CCN(C(=O)Cc3cccc4ccccc34)CC2)CC1. The van der Waals surface area contributed by atoms with Gasteiger partial charge in [-0.25, -0.2) is 0 Å². The summed E-state index contributed by atoms with van der Waals surface area (Å²) < 4.78 is 0. The predicted molar refractivity (Wildman–Crippen MR) is 112 cm³/mol. The zero-order valence-electron chi connectivity index (χ0n) is 16.8. The number of rotatable bonds is 3. The number of amides is 2. The summed E-state index contributed by atoms with van der Waals surface area (Å²) in [5, 5.41) is 2.33. The van der Waals surface area contributed by atoms with E-state index in [-0.39, 0.29) is 11.8 Å². The normalized spacial score (nSPS) is 19.2. The van der Waals surface area contributed by atoms with Crippen LogP contribution < -0.4 is 0 Å². The maximum Gasteiger partial charge on any atom is 0.227 e. The Labute approximate surface area is 167 Å². The predicted octanol–water partition coefficient (Wildman–Crippen LogP) is 3.88. The third kappa shape index (κ3) is 4.06. The molecule has 4 heteroatoms. The molecule has 2 saturated heterocycles. The Hall–Kier alpha value is -2.36. The van der Waals surface area contributed by atoms with Gasteiger partial charge in [-0.3, -0.25) is 9.59 Å². The van der Waals surface area contributed by atoms with Gasteiger partial charge in [0.25, 0.3) is 0 Å². The lowest BCUT2D eigenvalue weighted by atomic mass is 9.92. The van der Waals surface area contributed by atoms with Gasteiger partial charge in [-0.2, -0.15) is 0 Å². The zero-order valence-corrected chi connectivity index (χ0v) is 16.8. The van der Waals surface area contributed by atoms with Crippen LogP contribution in [0.5, 0.6) is 0 Å². The number of piperidine rings is 2. The monoisotopic (exact) mass is 378 g/mol. The fourth-order valence-corrected chi connectivity index (χ4v) is 4.58. The first-order valence-corrected chi connectivity index (χ1v) is 10.6. The minimum atomic E-state index is 0.0926. The highest BCUT2D eigenvalue weighted by Crippen LogP contribution is 2.25. The second-order valence-corrected chi connectivity index (χ2v) is 8.48.